The number of nitrogens with one attached hydrogen (secondary N) is 1. The molecule has 0 aromatic heterocycles. The van der Waals surface area contributed by atoms with Gasteiger partial charge in [-0.05, 0) is 12.1 Å². The lowest BCUT2D eigenvalue weighted by atomic mass is 9.98. The quantitative estimate of drug-likeness (QED) is 0.549. The van der Waals surface area contributed by atoms with E-state index in [-0.39, 0.29) is 11.8 Å². The third kappa shape index (κ3) is 5.79. The summed E-state index contributed by atoms with van der Waals surface area (Å²) in [7, 11) is 1.41. The van der Waals surface area contributed by atoms with Crippen LogP contribution < -0.4 is 5.32 Å². The second kappa shape index (κ2) is 10.9. The number of carbonyl (C=O) groups is 1. The van der Waals surface area contributed by atoms with Crippen LogP contribution in [0.4, 0.5) is 10.5 Å². The number of anilines is 1. The summed E-state index contributed by atoms with van der Waals surface area (Å²) in [5, 5.41) is 22.2. The van der Waals surface area contributed by atoms with Gasteiger partial charge in [0.25, 0.3) is 5.24 Å². The number of ether oxygens (including phenoxy) is 4. The summed E-state index contributed by atoms with van der Waals surface area (Å²) in [6.45, 7) is 0.272. The molecule has 8 nitrogen and oxygen atoms in total. The fraction of sp³-hybridized carbons (Fsp3) is 0.381. The number of methoxy groups -OCH3 is 1. The highest BCUT2D eigenvalue weighted by Crippen LogP contribution is 2.34. The van der Waals surface area contributed by atoms with Gasteiger partial charge in [0.05, 0.1) is 6.61 Å². The first-order valence-electron chi connectivity index (χ1n) is 9.41. The average Bonchev–Trinajstić information content (AvgIpc) is 2.77. The standard InChI is InChI=1S/C14H18O6.C7H7NOS/c1-17-14-11(16)10(15)12-9(19-14)7-18-13(20-12)8-5-3-2-4-6-8;9-7(10)8-6-4-2-1-3-5-6/h2-6,9-16H,7H2,1H3;1-5H,(H2,8,9,10). The Labute approximate surface area is 180 Å². The third-order valence-electron chi connectivity index (χ3n) is 4.66. The number of aliphatic hydroxyl groups excluding tert-OH is 2. The van der Waals surface area contributed by atoms with Crippen molar-refractivity contribution in [2.45, 2.75) is 37.0 Å². The summed E-state index contributed by atoms with van der Waals surface area (Å²) in [4.78, 5) is 10.4. The van der Waals surface area contributed by atoms with Crippen LogP contribution in [-0.4, -0.2) is 59.9 Å². The molecule has 6 atom stereocenters. The van der Waals surface area contributed by atoms with E-state index in [1.165, 1.54) is 7.11 Å². The second-order valence-corrected chi connectivity index (χ2v) is 7.14. The molecule has 3 N–H and O–H groups in total. The van der Waals surface area contributed by atoms with E-state index in [0.29, 0.717) is 0 Å². The largest absolute Gasteiger partial charge is 0.387 e. The van der Waals surface area contributed by atoms with Crippen molar-refractivity contribution in [2.75, 3.05) is 19.0 Å². The molecule has 1 amide bonds. The van der Waals surface area contributed by atoms with E-state index in [2.05, 4.69) is 17.9 Å². The molecule has 2 aliphatic heterocycles. The maximum absolute atomic E-state index is 10.4. The number of aliphatic hydroxyl groups is 2. The Morgan fingerprint density at radius 1 is 1.03 bits per heavy atom. The summed E-state index contributed by atoms with van der Waals surface area (Å²) in [6.07, 6.45) is -4.76. The summed E-state index contributed by atoms with van der Waals surface area (Å²) in [6, 6.07) is 18.6. The molecule has 9 heteroatoms. The fourth-order valence-electron chi connectivity index (χ4n) is 3.20. The van der Waals surface area contributed by atoms with Crippen LogP contribution in [0.1, 0.15) is 11.9 Å². The number of carbonyl (C=O) groups excluding carboxylic acids is 1. The molecule has 4 rings (SSSR count). The fourth-order valence-corrected chi connectivity index (χ4v) is 3.33. The lowest BCUT2D eigenvalue weighted by molar-refractivity contribution is -0.358. The topological polar surface area (TPSA) is 106 Å². The van der Waals surface area contributed by atoms with E-state index in [1.54, 1.807) is 12.1 Å². The van der Waals surface area contributed by atoms with Crippen molar-refractivity contribution in [1.82, 2.24) is 0 Å². The van der Waals surface area contributed by atoms with Gasteiger partial charge in [-0.2, -0.15) is 0 Å². The van der Waals surface area contributed by atoms with Gasteiger partial charge in [-0.3, -0.25) is 4.79 Å². The van der Waals surface area contributed by atoms with Crippen molar-refractivity contribution in [3.05, 3.63) is 66.2 Å². The molecule has 2 aliphatic rings. The van der Waals surface area contributed by atoms with Crippen molar-refractivity contribution in [1.29, 1.82) is 0 Å². The average molecular weight is 435 g/mol. The number of hydrogen-bond acceptors (Lipinski definition) is 7. The predicted octanol–water partition coefficient (Wildman–Crippen LogP) is 2.34. The number of fused-ring (bicyclic) bond motifs is 1. The monoisotopic (exact) mass is 435 g/mol. The molecule has 162 valence electrons. The Morgan fingerprint density at radius 2 is 1.67 bits per heavy atom. The second-order valence-electron chi connectivity index (χ2n) is 6.73. The van der Waals surface area contributed by atoms with Crippen LogP contribution in [-0.2, 0) is 18.9 Å². The normalized spacial score (nSPS) is 30.4. The Kier molecular flexibility index (Phi) is 8.23. The number of para-hydroxylation sites is 1. The molecule has 0 radical (unpaired) electrons. The van der Waals surface area contributed by atoms with Gasteiger partial charge in [0.1, 0.15) is 24.4 Å². The molecule has 30 heavy (non-hydrogen) atoms. The van der Waals surface area contributed by atoms with Gasteiger partial charge < -0.3 is 34.5 Å². The zero-order valence-corrected chi connectivity index (χ0v) is 17.2. The zero-order valence-electron chi connectivity index (χ0n) is 16.3. The van der Waals surface area contributed by atoms with Gasteiger partial charge in [0.15, 0.2) is 12.6 Å². The van der Waals surface area contributed by atoms with Crippen LogP contribution in [0, 0.1) is 0 Å². The first-order chi connectivity index (χ1) is 14.5. The lowest BCUT2D eigenvalue weighted by Crippen LogP contribution is -2.62. The van der Waals surface area contributed by atoms with E-state index >= 15 is 0 Å². The van der Waals surface area contributed by atoms with Crippen LogP contribution >= 0.6 is 12.6 Å². The molecule has 2 aromatic carbocycles. The van der Waals surface area contributed by atoms with Crippen LogP contribution in [0.5, 0.6) is 0 Å². The molecular weight excluding hydrogens is 410 g/mol. The number of hydrogen-bond donors (Lipinski definition) is 4. The molecule has 0 aliphatic carbocycles. The Hall–Kier alpha value is -1.98. The van der Waals surface area contributed by atoms with E-state index in [9.17, 15) is 15.0 Å². The van der Waals surface area contributed by atoms with E-state index in [4.69, 9.17) is 18.9 Å². The van der Waals surface area contributed by atoms with Crippen molar-refractivity contribution in [2.24, 2.45) is 0 Å². The Bertz CT molecular complexity index is 792. The van der Waals surface area contributed by atoms with Crippen molar-refractivity contribution >= 4 is 23.6 Å². The first-order valence-corrected chi connectivity index (χ1v) is 9.85. The molecule has 2 saturated heterocycles. The van der Waals surface area contributed by atoms with Gasteiger partial charge >= 0.3 is 0 Å². The maximum Gasteiger partial charge on any atom is 0.280 e. The summed E-state index contributed by atoms with van der Waals surface area (Å²) in [5.74, 6) is 0. The van der Waals surface area contributed by atoms with E-state index in [1.807, 2.05) is 48.5 Å². The Balaban J connectivity index is 0.000000216. The molecule has 0 saturated carbocycles. The molecular formula is C21H25NO7S. The highest BCUT2D eigenvalue weighted by atomic mass is 32.1. The Morgan fingerprint density at radius 3 is 2.27 bits per heavy atom. The molecule has 0 bridgehead atoms. The minimum absolute atomic E-state index is 0.272. The van der Waals surface area contributed by atoms with Crippen LogP contribution in [0.2, 0.25) is 0 Å². The van der Waals surface area contributed by atoms with Gasteiger partial charge in [0.2, 0.25) is 0 Å². The van der Waals surface area contributed by atoms with Crippen molar-refractivity contribution in [3.63, 3.8) is 0 Å². The number of thiol groups is 1. The highest BCUT2D eigenvalue weighted by molar-refractivity contribution is 7.96. The number of amides is 1. The lowest BCUT2D eigenvalue weighted by Gasteiger charge is -2.45. The number of rotatable bonds is 3. The van der Waals surface area contributed by atoms with Gasteiger partial charge in [0, 0.05) is 18.4 Å². The predicted molar refractivity (Wildman–Crippen MR) is 112 cm³/mol. The molecule has 0 spiro atoms. The summed E-state index contributed by atoms with van der Waals surface area (Å²) in [5.41, 5.74) is 1.63. The first kappa shape index (κ1) is 22.7. The van der Waals surface area contributed by atoms with Crippen LogP contribution in [0.15, 0.2) is 60.7 Å². The maximum atomic E-state index is 10.4. The molecule has 2 heterocycles. The highest BCUT2D eigenvalue weighted by Gasteiger charge is 2.48. The third-order valence-corrected chi connectivity index (χ3v) is 4.77. The van der Waals surface area contributed by atoms with Crippen molar-refractivity contribution < 1.29 is 34.0 Å². The van der Waals surface area contributed by atoms with Gasteiger partial charge in [-0.15, -0.1) is 0 Å². The SMILES string of the molecule is COC1OC2COC(c3ccccc3)OC2C(O)C1O.O=C(S)Nc1ccccc1. The smallest absolute Gasteiger partial charge is 0.280 e. The molecule has 2 fully saturated rings. The van der Waals surface area contributed by atoms with Crippen LogP contribution in [0.25, 0.3) is 0 Å². The molecule has 6 unspecified atom stereocenters. The summed E-state index contributed by atoms with van der Waals surface area (Å²) < 4.78 is 21.9. The van der Waals surface area contributed by atoms with E-state index < -0.39 is 37.0 Å². The van der Waals surface area contributed by atoms with Crippen LogP contribution in [0.3, 0.4) is 0 Å². The zero-order chi connectivity index (χ0) is 21.5. The number of benzene rings is 2. The molecule has 2 aromatic rings. The minimum Gasteiger partial charge on any atom is -0.387 e. The van der Waals surface area contributed by atoms with Crippen molar-refractivity contribution in [3.8, 4) is 0 Å². The van der Waals surface area contributed by atoms with E-state index in [0.717, 1.165) is 11.3 Å². The summed E-state index contributed by atoms with van der Waals surface area (Å²) >= 11 is 3.56. The van der Waals surface area contributed by atoms with Gasteiger partial charge in [-0.25, -0.2) is 0 Å². The minimum atomic E-state index is -1.14. The van der Waals surface area contributed by atoms with Gasteiger partial charge in [-0.1, -0.05) is 61.2 Å².